The highest BCUT2D eigenvalue weighted by molar-refractivity contribution is 6.32. The molecule has 1 heterocycles. The Morgan fingerprint density at radius 3 is 2.36 bits per heavy atom. The number of anilines is 1. The quantitative estimate of drug-likeness (QED) is 0.558. The van der Waals surface area contributed by atoms with Crippen LogP contribution in [0, 0.1) is 13.8 Å². The second kappa shape index (κ2) is 9.85. The predicted octanol–water partition coefficient (Wildman–Crippen LogP) is 3.71. The topological polar surface area (TPSA) is 94.6 Å². The van der Waals surface area contributed by atoms with Gasteiger partial charge >= 0.3 is 11.9 Å². The fourth-order valence-corrected chi connectivity index (χ4v) is 2.76. The molecule has 0 aliphatic rings. The van der Waals surface area contributed by atoms with Crippen LogP contribution in [-0.2, 0) is 14.3 Å². The van der Waals surface area contributed by atoms with Crippen molar-refractivity contribution in [2.24, 2.45) is 0 Å². The molecule has 2 aromatic rings. The van der Waals surface area contributed by atoms with Crippen LogP contribution in [-0.4, -0.2) is 36.0 Å². The Morgan fingerprint density at radius 2 is 1.75 bits per heavy atom. The van der Waals surface area contributed by atoms with E-state index in [2.05, 4.69) is 10.3 Å². The minimum atomic E-state index is -0.723. The molecule has 0 saturated carbocycles. The van der Waals surface area contributed by atoms with E-state index in [4.69, 9.17) is 21.1 Å². The molecule has 1 aromatic heterocycles. The fourth-order valence-electron chi connectivity index (χ4n) is 2.40. The molecule has 0 unspecified atom stereocenters. The van der Waals surface area contributed by atoms with Crippen LogP contribution in [0.15, 0.2) is 30.3 Å². The first kappa shape index (κ1) is 21.4. The molecule has 7 nitrogen and oxygen atoms in total. The van der Waals surface area contributed by atoms with E-state index in [1.54, 1.807) is 44.2 Å². The van der Waals surface area contributed by atoms with Gasteiger partial charge in [-0.25, -0.2) is 14.6 Å². The largest absolute Gasteiger partial charge is 0.462 e. The molecule has 0 atom stereocenters. The molecule has 0 bridgehead atoms. The number of ether oxygens (including phenoxy) is 2. The zero-order chi connectivity index (χ0) is 20.7. The number of rotatable bonds is 7. The van der Waals surface area contributed by atoms with Crippen molar-refractivity contribution in [1.82, 2.24) is 4.98 Å². The van der Waals surface area contributed by atoms with Gasteiger partial charge in [0.05, 0.1) is 17.7 Å². The highest BCUT2D eigenvalue weighted by Crippen LogP contribution is 2.19. The highest BCUT2D eigenvalue weighted by Gasteiger charge is 2.18. The van der Waals surface area contributed by atoms with Crippen molar-refractivity contribution in [1.29, 1.82) is 0 Å². The molecule has 0 aliphatic carbocycles. The van der Waals surface area contributed by atoms with Gasteiger partial charge in [-0.05, 0) is 56.2 Å². The summed E-state index contributed by atoms with van der Waals surface area (Å²) in [5, 5.41) is 2.62. The van der Waals surface area contributed by atoms with Crippen molar-refractivity contribution in [2.45, 2.75) is 27.2 Å². The number of nitrogens with zero attached hydrogens (tertiary/aromatic N) is 1. The van der Waals surface area contributed by atoms with E-state index in [0.717, 1.165) is 6.42 Å². The van der Waals surface area contributed by atoms with E-state index in [9.17, 15) is 14.4 Å². The molecule has 1 aromatic carbocycles. The van der Waals surface area contributed by atoms with Crippen molar-refractivity contribution in [3.63, 3.8) is 0 Å². The number of carbonyl (C=O) groups is 3. The summed E-state index contributed by atoms with van der Waals surface area (Å²) >= 11 is 6.00. The standard InChI is InChI=1S/C20H21ClN2O5/c1-4-9-27-19(25)14-5-7-15(8-6-14)23-16(24)11-28-20(26)17-12(2)10-13(3)22-18(17)21/h5-8,10H,4,9,11H2,1-3H3,(H,23,24). The average molecular weight is 405 g/mol. The predicted molar refractivity (Wildman–Crippen MR) is 105 cm³/mol. The Kier molecular flexibility index (Phi) is 7.52. The summed E-state index contributed by atoms with van der Waals surface area (Å²) in [6.45, 7) is 5.25. The third-order valence-electron chi connectivity index (χ3n) is 3.68. The van der Waals surface area contributed by atoms with Gasteiger partial charge < -0.3 is 14.8 Å². The third-order valence-corrected chi connectivity index (χ3v) is 3.95. The summed E-state index contributed by atoms with van der Waals surface area (Å²) in [5.41, 5.74) is 2.27. The van der Waals surface area contributed by atoms with Crippen molar-refractivity contribution in [3.8, 4) is 0 Å². The minimum absolute atomic E-state index is 0.0356. The van der Waals surface area contributed by atoms with E-state index < -0.39 is 24.5 Å². The van der Waals surface area contributed by atoms with Crippen molar-refractivity contribution in [3.05, 3.63) is 57.9 Å². The summed E-state index contributed by atoms with van der Waals surface area (Å²) in [6.07, 6.45) is 0.738. The number of nitrogens with one attached hydrogen (secondary N) is 1. The first-order chi connectivity index (χ1) is 13.3. The molecule has 8 heteroatoms. The zero-order valence-corrected chi connectivity index (χ0v) is 16.6. The first-order valence-corrected chi connectivity index (χ1v) is 9.07. The van der Waals surface area contributed by atoms with E-state index in [0.29, 0.717) is 29.1 Å². The van der Waals surface area contributed by atoms with Gasteiger partial charge in [0.15, 0.2) is 6.61 Å². The minimum Gasteiger partial charge on any atom is -0.462 e. The first-order valence-electron chi connectivity index (χ1n) is 8.69. The Hall–Kier alpha value is -2.93. The number of amides is 1. The number of hydrogen-bond donors (Lipinski definition) is 1. The van der Waals surface area contributed by atoms with E-state index in [1.807, 2.05) is 6.92 Å². The second-order valence-corrected chi connectivity index (χ2v) is 6.44. The lowest BCUT2D eigenvalue weighted by Gasteiger charge is -2.10. The fraction of sp³-hybridized carbons (Fsp3) is 0.300. The highest BCUT2D eigenvalue weighted by atomic mass is 35.5. The normalized spacial score (nSPS) is 10.3. The van der Waals surface area contributed by atoms with Crippen LogP contribution in [0.25, 0.3) is 0 Å². The lowest BCUT2D eigenvalue weighted by Crippen LogP contribution is -2.21. The summed E-state index contributed by atoms with van der Waals surface area (Å²) in [6, 6.07) is 7.91. The van der Waals surface area contributed by atoms with Crippen LogP contribution in [0.4, 0.5) is 5.69 Å². The maximum Gasteiger partial charge on any atom is 0.342 e. The number of aryl methyl sites for hydroxylation is 2. The van der Waals surface area contributed by atoms with E-state index >= 15 is 0 Å². The van der Waals surface area contributed by atoms with E-state index in [1.165, 1.54) is 0 Å². The summed E-state index contributed by atoms with van der Waals surface area (Å²) < 4.78 is 10.1. The molecule has 148 valence electrons. The molecule has 0 aliphatic heterocycles. The number of carbonyl (C=O) groups excluding carboxylic acids is 3. The van der Waals surface area contributed by atoms with Gasteiger partial charge in [-0.15, -0.1) is 0 Å². The Labute approximate surface area is 168 Å². The Morgan fingerprint density at radius 1 is 1.07 bits per heavy atom. The van der Waals surface area contributed by atoms with Gasteiger partial charge in [-0.1, -0.05) is 18.5 Å². The van der Waals surface area contributed by atoms with Crippen molar-refractivity contribution < 1.29 is 23.9 Å². The summed E-state index contributed by atoms with van der Waals surface area (Å²) in [4.78, 5) is 39.9. The maximum absolute atomic E-state index is 12.2. The number of esters is 2. The SMILES string of the molecule is CCCOC(=O)c1ccc(NC(=O)COC(=O)c2c(C)cc(C)nc2Cl)cc1. The van der Waals surface area contributed by atoms with Crippen LogP contribution >= 0.6 is 11.6 Å². The number of hydrogen-bond acceptors (Lipinski definition) is 6. The van der Waals surface area contributed by atoms with Crippen molar-refractivity contribution >= 4 is 35.1 Å². The van der Waals surface area contributed by atoms with Gasteiger partial charge in [0, 0.05) is 11.4 Å². The van der Waals surface area contributed by atoms with Gasteiger partial charge in [0.2, 0.25) is 0 Å². The monoisotopic (exact) mass is 404 g/mol. The zero-order valence-electron chi connectivity index (χ0n) is 15.9. The summed E-state index contributed by atoms with van der Waals surface area (Å²) in [5.74, 6) is -1.67. The molecule has 0 radical (unpaired) electrons. The number of aromatic nitrogens is 1. The van der Waals surface area contributed by atoms with Gasteiger partial charge in [-0.2, -0.15) is 0 Å². The molecule has 2 rings (SSSR count). The van der Waals surface area contributed by atoms with E-state index in [-0.39, 0.29) is 10.7 Å². The maximum atomic E-state index is 12.2. The van der Waals surface area contributed by atoms with Crippen LogP contribution in [0.3, 0.4) is 0 Å². The Bertz CT molecular complexity index is 858. The second-order valence-electron chi connectivity index (χ2n) is 6.08. The van der Waals surface area contributed by atoms with Crippen molar-refractivity contribution in [2.75, 3.05) is 18.5 Å². The lowest BCUT2D eigenvalue weighted by molar-refractivity contribution is -0.119. The van der Waals surface area contributed by atoms with Crippen LogP contribution in [0.1, 0.15) is 45.3 Å². The smallest absolute Gasteiger partial charge is 0.342 e. The summed E-state index contributed by atoms with van der Waals surface area (Å²) in [7, 11) is 0. The van der Waals surface area contributed by atoms with Crippen LogP contribution < -0.4 is 5.32 Å². The number of benzene rings is 1. The third kappa shape index (κ3) is 5.79. The molecule has 0 fully saturated rings. The number of pyridine rings is 1. The van der Waals surface area contributed by atoms with Gasteiger partial charge in [0.25, 0.3) is 5.91 Å². The Balaban J connectivity index is 1.90. The van der Waals surface area contributed by atoms with Gasteiger partial charge in [0.1, 0.15) is 5.15 Å². The lowest BCUT2D eigenvalue weighted by atomic mass is 10.1. The van der Waals surface area contributed by atoms with Gasteiger partial charge in [-0.3, -0.25) is 4.79 Å². The molecular weight excluding hydrogens is 384 g/mol. The molecular formula is C20H21ClN2O5. The van der Waals surface area contributed by atoms with Crippen LogP contribution in [0.5, 0.6) is 0 Å². The number of halogens is 1. The van der Waals surface area contributed by atoms with Crippen LogP contribution in [0.2, 0.25) is 5.15 Å². The average Bonchev–Trinajstić information content (AvgIpc) is 2.64. The molecule has 1 amide bonds. The molecule has 28 heavy (non-hydrogen) atoms. The molecule has 1 N–H and O–H groups in total. The molecule has 0 spiro atoms. The molecule has 0 saturated heterocycles.